The molecule has 2 aromatic heterocycles. The van der Waals surface area contributed by atoms with Gasteiger partial charge in [0.05, 0.1) is 5.39 Å². The molecule has 3 heterocycles. The van der Waals surface area contributed by atoms with E-state index >= 15 is 0 Å². The van der Waals surface area contributed by atoms with Crippen LogP contribution in [0.15, 0.2) is 29.9 Å². The van der Waals surface area contributed by atoms with Gasteiger partial charge in [-0.2, -0.15) is 0 Å². The lowest BCUT2D eigenvalue weighted by Crippen LogP contribution is -2.39. The molecular formula is C21H25N3S. The van der Waals surface area contributed by atoms with E-state index in [0.717, 1.165) is 17.2 Å². The molecule has 4 heteroatoms. The monoisotopic (exact) mass is 351 g/mol. The predicted octanol–water partition coefficient (Wildman–Crippen LogP) is 5.74. The van der Waals surface area contributed by atoms with Gasteiger partial charge in [0.1, 0.15) is 17.0 Å². The SMILES string of the molecule is CCC1CCCCN1c1ncnc2scc(-c3ccc(C)cc3C)c12. The number of fused-ring (bicyclic) bond motifs is 1. The first-order valence-electron chi connectivity index (χ1n) is 9.25. The highest BCUT2D eigenvalue weighted by Crippen LogP contribution is 2.40. The van der Waals surface area contributed by atoms with Crippen molar-refractivity contribution in [2.24, 2.45) is 0 Å². The van der Waals surface area contributed by atoms with Crippen LogP contribution >= 0.6 is 11.3 Å². The minimum atomic E-state index is 0.596. The van der Waals surface area contributed by atoms with Gasteiger partial charge in [-0.3, -0.25) is 0 Å². The van der Waals surface area contributed by atoms with E-state index in [4.69, 9.17) is 4.98 Å². The van der Waals surface area contributed by atoms with Crippen molar-refractivity contribution in [1.82, 2.24) is 9.97 Å². The summed E-state index contributed by atoms with van der Waals surface area (Å²) in [6, 6.07) is 7.30. The molecule has 3 aromatic rings. The third-order valence-electron chi connectivity index (χ3n) is 5.39. The van der Waals surface area contributed by atoms with Gasteiger partial charge in [-0.15, -0.1) is 11.3 Å². The van der Waals surface area contributed by atoms with Gasteiger partial charge in [-0.1, -0.05) is 30.7 Å². The number of nitrogens with zero attached hydrogens (tertiary/aromatic N) is 3. The van der Waals surface area contributed by atoms with E-state index in [2.05, 4.69) is 54.2 Å². The van der Waals surface area contributed by atoms with Gasteiger partial charge in [0.25, 0.3) is 0 Å². The fourth-order valence-corrected chi connectivity index (χ4v) is 5.00. The molecule has 0 radical (unpaired) electrons. The average molecular weight is 352 g/mol. The number of piperidine rings is 1. The van der Waals surface area contributed by atoms with E-state index < -0.39 is 0 Å². The molecule has 3 nitrogen and oxygen atoms in total. The smallest absolute Gasteiger partial charge is 0.141 e. The number of anilines is 1. The van der Waals surface area contributed by atoms with Crippen molar-refractivity contribution >= 4 is 27.4 Å². The molecule has 1 aliphatic heterocycles. The minimum absolute atomic E-state index is 0.596. The molecule has 25 heavy (non-hydrogen) atoms. The van der Waals surface area contributed by atoms with Gasteiger partial charge in [-0.25, -0.2) is 9.97 Å². The summed E-state index contributed by atoms with van der Waals surface area (Å²) in [5, 5.41) is 3.49. The van der Waals surface area contributed by atoms with E-state index in [1.165, 1.54) is 53.3 Å². The maximum absolute atomic E-state index is 4.76. The summed E-state index contributed by atoms with van der Waals surface area (Å²) in [5.74, 6) is 1.13. The van der Waals surface area contributed by atoms with Crippen molar-refractivity contribution in [3.63, 3.8) is 0 Å². The maximum Gasteiger partial charge on any atom is 0.141 e. The Balaban J connectivity index is 1.90. The zero-order chi connectivity index (χ0) is 17.4. The first-order valence-corrected chi connectivity index (χ1v) is 10.1. The standard InChI is InChI=1S/C21H25N3S/c1-4-16-7-5-6-10-24(16)20-19-18(12-25-21(19)23-13-22-20)17-9-8-14(2)11-15(17)3/h8-9,11-13,16H,4-7,10H2,1-3H3. The van der Waals surface area contributed by atoms with Crippen molar-refractivity contribution in [1.29, 1.82) is 0 Å². The van der Waals surface area contributed by atoms with E-state index in [1.807, 2.05) is 0 Å². The Morgan fingerprint density at radius 1 is 1.16 bits per heavy atom. The molecule has 1 aliphatic rings. The van der Waals surface area contributed by atoms with Crippen LogP contribution in [0.2, 0.25) is 0 Å². The Labute approximate surface area is 153 Å². The number of aromatic nitrogens is 2. The largest absolute Gasteiger partial charge is 0.353 e. The van der Waals surface area contributed by atoms with Crippen LogP contribution in [0.3, 0.4) is 0 Å². The molecule has 0 aliphatic carbocycles. The van der Waals surface area contributed by atoms with Crippen LogP contribution in [-0.2, 0) is 0 Å². The van der Waals surface area contributed by atoms with E-state index in [-0.39, 0.29) is 0 Å². The van der Waals surface area contributed by atoms with Crippen LogP contribution in [0.25, 0.3) is 21.3 Å². The van der Waals surface area contributed by atoms with Crippen molar-refractivity contribution in [2.75, 3.05) is 11.4 Å². The predicted molar refractivity (Wildman–Crippen MR) is 108 cm³/mol. The quantitative estimate of drug-likeness (QED) is 0.602. The molecule has 4 rings (SSSR count). The van der Waals surface area contributed by atoms with Gasteiger partial charge < -0.3 is 4.90 Å². The fraction of sp³-hybridized carbons (Fsp3) is 0.429. The second-order valence-electron chi connectivity index (χ2n) is 7.10. The first-order chi connectivity index (χ1) is 12.2. The van der Waals surface area contributed by atoms with Crippen LogP contribution in [0, 0.1) is 13.8 Å². The number of hydrogen-bond donors (Lipinski definition) is 0. The highest BCUT2D eigenvalue weighted by molar-refractivity contribution is 7.17. The number of rotatable bonds is 3. The van der Waals surface area contributed by atoms with E-state index in [1.54, 1.807) is 17.7 Å². The van der Waals surface area contributed by atoms with E-state index in [9.17, 15) is 0 Å². The Kier molecular flexibility index (Phi) is 4.46. The molecule has 130 valence electrons. The number of aryl methyl sites for hydroxylation is 2. The number of hydrogen-bond acceptors (Lipinski definition) is 4. The highest BCUT2D eigenvalue weighted by atomic mass is 32.1. The van der Waals surface area contributed by atoms with Crippen molar-refractivity contribution < 1.29 is 0 Å². The van der Waals surface area contributed by atoms with Gasteiger partial charge in [0, 0.05) is 23.5 Å². The zero-order valence-corrected chi connectivity index (χ0v) is 16.1. The first kappa shape index (κ1) is 16.5. The second-order valence-corrected chi connectivity index (χ2v) is 7.95. The number of benzene rings is 1. The van der Waals surface area contributed by atoms with Crippen molar-refractivity contribution in [3.8, 4) is 11.1 Å². The topological polar surface area (TPSA) is 29.0 Å². The Hall–Kier alpha value is -1.94. The van der Waals surface area contributed by atoms with Gasteiger partial charge in [0.15, 0.2) is 0 Å². The van der Waals surface area contributed by atoms with E-state index in [0.29, 0.717) is 6.04 Å². The highest BCUT2D eigenvalue weighted by Gasteiger charge is 2.25. The summed E-state index contributed by atoms with van der Waals surface area (Å²) in [4.78, 5) is 13.0. The van der Waals surface area contributed by atoms with Crippen LogP contribution < -0.4 is 4.90 Å². The molecule has 0 saturated carbocycles. The molecule has 0 N–H and O–H groups in total. The Morgan fingerprint density at radius 3 is 2.84 bits per heavy atom. The lowest BCUT2D eigenvalue weighted by Gasteiger charge is -2.36. The van der Waals surface area contributed by atoms with Crippen molar-refractivity contribution in [3.05, 3.63) is 41.0 Å². The Bertz CT molecular complexity index is 899. The molecule has 1 aromatic carbocycles. The van der Waals surface area contributed by atoms with Crippen LogP contribution in [0.1, 0.15) is 43.7 Å². The Morgan fingerprint density at radius 2 is 2.04 bits per heavy atom. The van der Waals surface area contributed by atoms with Gasteiger partial charge in [0.2, 0.25) is 0 Å². The summed E-state index contributed by atoms with van der Waals surface area (Å²) < 4.78 is 0. The second kappa shape index (κ2) is 6.75. The average Bonchev–Trinajstić information content (AvgIpc) is 3.06. The number of thiophene rings is 1. The van der Waals surface area contributed by atoms with Gasteiger partial charge in [-0.05, 0) is 50.7 Å². The normalized spacial score (nSPS) is 18.0. The molecule has 1 fully saturated rings. The summed E-state index contributed by atoms with van der Waals surface area (Å²) in [7, 11) is 0. The third-order valence-corrected chi connectivity index (χ3v) is 6.28. The van der Waals surface area contributed by atoms with Gasteiger partial charge >= 0.3 is 0 Å². The molecule has 1 unspecified atom stereocenters. The lowest BCUT2D eigenvalue weighted by molar-refractivity contribution is 0.448. The molecular weight excluding hydrogens is 326 g/mol. The minimum Gasteiger partial charge on any atom is -0.353 e. The molecule has 0 bridgehead atoms. The van der Waals surface area contributed by atoms with Crippen LogP contribution in [0.5, 0.6) is 0 Å². The molecule has 1 saturated heterocycles. The van der Waals surface area contributed by atoms with Crippen molar-refractivity contribution in [2.45, 2.75) is 52.5 Å². The fourth-order valence-electron chi connectivity index (χ4n) is 4.09. The van der Waals surface area contributed by atoms with Crippen LogP contribution in [-0.4, -0.2) is 22.6 Å². The molecule has 0 amide bonds. The van der Waals surface area contributed by atoms with Crippen LogP contribution in [0.4, 0.5) is 5.82 Å². The third kappa shape index (κ3) is 2.93. The maximum atomic E-state index is 4.76. The zero-order valence-electron chi connectivity index (χ0n) is 15.2. The summed E-state index contributed by atoms with van der Waals surface area (Å²) in [5.41, 5.74) is 5.21. The lowest BCUT2D eigenvalue weighted by atomic mass is 9.97. The molecule has 1 atom stereocenters. The summed E-state index contributed by atoms with van der Waals surface area (Å²) in [6.07, 6.45) is 6.77. The summed E-state index contributed by atoms with van der Waals surface area (Å²) >= 11 is 1.73. The summed E-state index contributed by atoms with van der Waals surface area (Å²) in [6.45, 7) is 7.74. The molecule has 0 spiro atoms.